The van der Waals surface area contributed by atoms with Crippen molar-refractivity contribution in [3.63, 3.8) is 0 Å². The maximum atomic E-state index is 2.51. The molecule has 0 nitrogen and oxygen atoms in total. The molecule has 6 atom stereocenters. The highest BCUT2D eigenvalue weighted by Crippen LogP contribution is 3.09. The van der Waals surface area contributed by atoms with Gasteiger partial charge in [-0.1, -0.05) is 40.5 Å². The van der Waals surface area contributed by atoms with Gasteiger partial charge in [0.1, 0.15) is 0 Å². The summed E-state index contributed by atoms with van der Waals surface area (Å²) in [6, 6.07) is 0. The van der Waals surface area contributed by atoms with Crippen molar-refractivity contribution in [2.45, 2.75) is 47.0 Å². The first-order valence-electron chi connectivity index (χ1n) is 6.19. The van der Waals surface area contributed by atoms with Crippen molar-refractivity contribution >= 4 is 0 Å². The molecule has 4 aliphatic rings. The minimum absolute atomic E-state index is 0.864. The van der Waals surface area contributed by atoms with Gasteiger partial charge in [-0.2, -0.15) is 0 Å². The van der Waals surface area contributed by atoms with E-state index in [-0.39, 0.29) is 0 Å². The first-order valence-corrected chi connectivity index (χ1v) is 6.19. The Bertz CT molecular complexity index is 257. The van der Waals surface area contributed by atoms with Gasteiger partial charge >= 0.3 is 0 Å². The molecule has 0 aromatic heterocycles. The Morgan fingerprint density at radius 1 is 1.31 bits per heavy atom. The Morgan fingerprint density at radius 3 is 2.38 bits per heavy atom. The fraction of sp³-hybridized carbons (Fsp3) is 1.00. The van der Waals surface area contributed by atoms with Gasteiger partial charge in [0.15, 0.2) is 0 Å². The Kier molecular flexibility index (Phi) is 1.27. The Balaban J connectivity index is 1.78. The van der Waals surface area contributed by atoms with E-state index < -0.39 is 0 Å². The lowest BCUT2D eigenvalue weighted by Crippen LogP contribution is -2.51. The third kappa shape index (κ3) is 0.500. The zero-order chi connectivity index (χ0) is 9.43. The van der Waals surface area contributed by atoms with Gasteiger partial charge < -0.3 is 0 Å². The molecule has 2 bridgehead atoms. The predicted molar refractivity (Wildman–Crippen MR) is 55.4 cm³/mol. The van der Waals surface area contributed by atoms with Crippen LogP contribution in [0.2, 0.25) is 0 Å². The van der Waals surface area contributed by atoms with Gasteiger partial charge in [0.2, 0.25) is 0 Å². The minimum Gasteiger partial charge on any atom is -0.0654 e. The molecule has 0 saturated heterocycles. The van der Waals surface area contributed by atoms with Gasteiger partial charge in [-0.25, -0.2) is 0 Å². The summed E-state index contributed by atoms with van der Waals surface area (Å²) in [5.74, 6) is 4.47. The molecule has 4 saturated carbocycles. The second-order valence-electron chi connectivity index (χ2n) is 5.81. The molecule has 4 aliphatic carbocycles. The molecule has 13 heavy (non-hydrogen) atoms. The molecular formula is C13H22. The summed E-state index contributed by atoms with van der Waals surface area (Å²) in [7, 11) is 0. The fourth-order valence-corrected chi connectivity index (χ4v) is 5.77. The summed E-state index contributed by atoms with van der Waals surface area (Å²) >= 11 is 0. The van der Waals surface area contributed by atoms with E-state index in [1.165, 1.54) is 31.1 Å². The van der Waals surface area contributed by atoms with Crippen molar-refractivity contribution in [2.24, 2.45) is 34.5 Å². The molecule has 0 heteroatoms. The van der Waals surface area contributed by atoms with Crippen molar-refractivity contribution in [1.82, 2.24) is 0 Å². The average molecular weight is 178 g/mol. The van der Waals surface area contributed by atoms with Crippen LogP contribution in [0, 0.1) is 34.5 Å². The van der Waals surface area contributed by atoms with Crippen LogP contribution in [0.15, 0.2) is 0 Å². The van der Waals surface area contributed by atoms with Crippen LogP contribution in [0.5, 0.6) is 0 Å². The van der Waals surface area contributed by atoms with Gasteiger partial charge in [0.05, 0.1) is 0 Å². The third-order valence-corrected chi connectivity index (χ3v) is 6.05. The average Bonchev–Trinajstić information content (AvgIpc) is 2.86. The molecule has 4 rings (SSSR count). The van der Waals surface area contributed by atoms with E-state index in [1.807, 2.05) is 0 Å². The Hall–Kier alpha value is 0. The Morgan fingerprint density at radius 2 is 2.00 bits per heavy atom. The molecule has 0 aromatic rings. The molecular weight excluding hydrogens is 156 g/mol. The van der Waals surface area contributed by atoms with Crippen molar-refractivity contribution in [3.05, 3.63) is 0 Å². The van der Waals surface area contributed by atoms with Crippen LogP contribution in [-0.4, -0.2) is 0 Å². The minimum atomic E-state index is 0.864. The van der Waals surface area contributed by atoms with Crippen molar-refractivity contribution in [1.29, 1.82) is 0 Å². The van der Waals surface area contributed by atoms with Crippen LogP contribution in [0.1, 0.15) is 47.0 Å². The molecule has 0 spiro atoms. The van der Waals surface area contributed by atoms with Crippen LogP contribution in [-0.2, 0) is 0 Å². The molecule has 0 amide bonds. The molecule has 0 aliphatic heterocycles. The first kappa shape index (κ1) is 8.32. The van der Waals surface area contributed by atoms with Gasteiger partial charge in [-0.15, -0.1) is 0 Å². The molecule has 0 heterocycles. The SMILES string of the molecule is CCCC(C)C12C(C)C3C1C32CC. The molecule has 0 aromatic carbocycles. The van der Waals surface area contributed by atoms with Crippen LogP contribution in [0.3, 0.4) is 0 Å². The molecule has 6 unspecified atom stereocenters. The van der Waals surface area contributed by atoms with Crippen LogP contribution in [0.25, 0.3) is 0 Å². The van der Waals surface area contributed by atoms with Crippen LogP contribution >= 0.6 is 0 Å². The van der Waals surface area contributed by atoms with Gasteiger partial charge in [-0.05, 0) is 40.9 Å². The highest BCUT2D eigenvalue weighted by molar-refractivity contribution is 5.52. The van der Waals surface area contributed by atoms with Crippen molar-refractivity contribution < 1.29 is 0 Å². The summed E-state index contributed by atoms with van der Waals surface area (Å²) < 4.78 is 0. The van der Waals surface area contributed by atoms with Crippen LogP contribution < -0.4 is 0 Å². The first-order chi connectivity index (χ1) is 6.19. The highest BCUT2D eigenvalue weighted by Gasteiger charge is 3.05. The molecule has 4 fully saturated rings. The van der Waals surface area contributed by atoms with Gasteiger partial charge in [-0.3, -0.25) is 0 Å². The van der Waals surface area contributed by atoms with Gasteiger partial charge in [0, 0.05) is 0 Å². The zero-order valence-electron chi connectivity index (χ0n) is 9.43. The molecule has 0 radical (unpaired) electrons. The molecule has 0 N–H and O–H groups in total. The maximum absolute atomic E-state index is 2.51. The quantitative estimate of drug-likeness (QED) is 0.615. The van der Waals surface area contributed by atoms with E-state index in [0.29, 0.717) is 0 Å². The largest absolute Gasteiger partial charge is 0.0654 e. The Labute approximate surface area is 82.1 Å². The van der Waals surface area contributed by atoms with Crippen LogP contribution in [0.4, 0.5) is 0 Å². The number of hydrogen-bond donors (Lipinski definition) is 0. The number of rotatable bonds is 4. The van der Waals surface area contributed by atoms with Crippen molar-refractivity contribution in [3.8, 4) is 0 Å². The van der Waals surface area contributed by atoms with E-state index in [2.05, 4.69) is 27.7 Å². The monoisotopic (exact) mass is 178 g/mol. The summed E-state index contributed by atoms with van der Waals surface area (Å²) in [5.41, 5.74) is 1.77. The summed E-state index contributed by atoms with van der Waals surface area (Å²) in [6.45, 7) is 9.77. The normalized spacial score (nSPS) is 62.3. The zero-order valence-corrected chi connectivity index (χ0v) is 9.43. The standard InChI is InChI=1S/C13H22/c1-5-7-8(3)13-9(4)10-11(13)12(10,13)6-2/h8-11H,5-7H2,1-4H3. The number of hydrogen-bond acceptors (Lipinski definition) is 0. The second kappa shape index (κ2) is 1.99. The van der Waals surface area contributed by atoms with E-state index in [4.69, 9.17) is 0 Å². The van der Waals surface area contributed by atoms with Gasteiger partial charge in [0.25, 0.3) is 0 Å². The molecule has 74 valence electrons. The highest BCUT2D eigenvalue weighted by atomic mass is 15.1. The fourth-order valence-electron chi connectivity index (χ4n) is 5.77. The second-order valence-corrected chi connectivity index (χ2v) is 5.81. The predicted octanol–water partition coefficient (Wildman–Crippen LogP) is 3.71. The summed E-state index contributed by atoms with van der Waals surface area (Å²) in [6.07, 6.45) is 4.32. The van der Waals surface area contributed by atoms with E-state index in [9.17, 15) is 0 Å². The summed E-state index contributed by atoms with van der Waals surface area (Å²) in [5, 5.41) is 0. The lowest BCUT2D eigenvalue weighted by Gasteiger charge is -2.55. The third-order valence-electron chi connectivity index (χ3n) is 6.05. The smallest absolute Gasteiger partial charge is 0.0144 e. The topological polar surface area (TPSA) is 0 Å². The van der Waals surface area contributed by atoms with E-state index >= 15 is 0 Å². The lowest BCUT2D eigenvalue weighted by molar-refractivity contribution is -0.0801. The van der Waals surface area contributed by atoms with E-state index in [0.717, 1.165) is 22.7 Å². The van der Waals surface area contributed by atoms with E-state index in [1.54, 1.807) is 0 Å². The maximum Gasteiger partial charge on any atom is -0.0144 e. The lowest BCUT2D eigenvalue weighted by atomic mass is 9.49. The van der Waals surface area contributed by atoms with Crippen molar-refractivity contribution in [2.75, 3.05) is 0 Å². The summed E-state index contributed by atoms with van der Waals surface area (Å²) in [4.78, 5) is 0.